The Balaban J connectivity index is 1.77. The quantitative estimate of drug-likeness (QED) is 0.442. The summed E-state index contributed by atoms with van der Waals surface area (Å²) in [6.07, 6.45) is 10.4. The van der Waals surface area contributed by atoms with Gasteiger partial charge in [0.25, 0.3) is 0 Å². The topological polar surface area (TPSA) is 75.5 Å². The van der Waals surface area contributed by atoms with E-state index in [1.165, 1.54) is 11.1 Å². The lowest BCUT2D eigenvalue weighted by Crippen LogP contribution is -2.12. The molecule has 0 aromatic carbocycles. The molecule has 2 aromatic rings. The summed E-state index contributed by atoms with van der Waals surface area (Å²) in [7, 11) is 1.60. The molecule has 0 amide bonds. The first kappa shape index (κ1) is 21.0. The van der Waals surface area contributed by atoms with E-state index >= 15 is 0 Å². The minimum atomic E-state index is 0.348. The van der Waals surface area contributed by atoms with E-state index in [4.69, 9.17) is 14.2 Å². The van der Waals surface area contributed by atoms with E-state index in [-0.39, 0.29) is 0 Å². The van der Waals surface area contributed by atoms with Crippen LogP contribution in [0.1, 0.15) is 61.6 Å². The molecular weight excluding hydrogens is 370 g/mol. The Hall–Kier alpha value is -2.67. The molecule has 0 aliphatic heterocycles. The number of rotatable bonds is 10. The number of imidazole rings is 1. The lowest BCUT2D eigenvalue weighted by atomic mass is 9.90. The molecule has 7 nitrogen and oxygen atoms in total. The maximum atomic E-state index is 11.5. The number of allylic oxidation sites excluding steroid dienone is 1. The van der Waals surface area contributed by atoms with Crippen molar-refractivity contribution in [3.63, 3.8) is 0 Å². The van der Waals surface area contributed by atoms with Gasteiger partial charge in [-0.25, -0.2) is 9.97 Å². The fourth-order valence-corrected chi connectivity index (χ4v) is 3.51. The molecule has 0 unspecified atom stereocenters. The molecule has 0 saturated heterocycles. The highest BCUT2D eigenvalue weighted by atomic mass is 16.5. The van der Waals surface area contributed by atoms with Crippen molar-refractivity contribution in [2.24, 2.45) is 0 Å². The zero-order chi connectivity index (χ0) is 20.6. The highest BCUT2D eigenvalue weighted by Crippen LogP contribution is 2.34. The van der Waals surface area contributed by atoms with Crippen molar-refractivity contribution in [1.82, 2.24) is 14.5 Å². The first-order valence-electron chi connectivity index (χ1n) is 10.1. The molecule has 7 heteroatoms. The average molecular weight is 399 g/mol. The Kier molecular flexibility index (Phi) is 7.41. The molecule has 29 heavy (non-hydrogen) atoms. The van der Waals surface area contributed by atoms with Crippen molar-refractivity contribution in [2.75, 3.05) is 26.9 Å². The molecule has 0 saturated carbocycles. The normalized spacial score (nSPS) is 14.3. The predicted molar refractivity (Wildman–Crippen MR) is 110 cm³/mol. The third-order valence-electron chi connectivity index (χ3n) is 5.05. The van der Waals surface area contributed by atoms with Gasteiger partial charge in [0.15, 0.2) is 6.29 Å². The van der Waals surface area contributed by atoms with Crippen LogP contribution in [0.3, 0.4) is 0 Å². The van der Waals surface area contributed by atoms with Gasteiger partial charge in [-0.2, -0.15) is 0 Å². The SMILES string of the molecule is COCCOc1cc(C=O)c(OCC2=C(c3cncn3C(C)C)CCCC2)cn1. The molecule has 3 rings (SSSR count). The standard InChI is InChI=1S/C22H29N3O4/c1-16(2)25-15-23-11-20(25)19-7-5-4-6-17(19)14-29-21-12-24-22(10-18(21)13-26)28-9-8-27-3/h10-13,15-16H,4-9,14H2,1-3H3. The molecule has 0 fully saturated rings. The second-order valence-corrected chi connectivity index (χ2v) is 7.38. The maximum absolute atomic E-state index is 11.5. The Morgan fingerprint density at radius 1 is 1.17 bits per heavy atom. The van der Waals surface area contributed by atoms with E-state index < -0.39 is 0 Å². The average Bonchev–Trinajstić information content (AvgIpc) is 3.23. The van der Waals surface area contributed by atoms with E-state index in [1.54, 1.807) is 19.4 Å². The van der Waals surface area contributed by atoms with Gasteiger partial charge in [-0.05, 0) is 50.7 Å². The fourth-order valence-electron chi connectivity index (χ4n) is 3.51. The monoisotopic (exact) mass is 399 g/mol. The van der Waals surface area contributed by atoms with Crippen LogP contribution in [0.25, 0.3) is 5.57 Å². The van der Waals surface area contributed by atoms with Gasteiger partial charge in [-0.15, -0.1) is 0 Å². The lowest BCUT2D eigenvalue weighted by molar-refractivity contribution is 0.111. The molecule has 0 radical (unpaired) electrons. The summed E-state index contributed by atoms with van der Waals surface area (Å²) >= 11 is 0. The van der Waals surface area contributed by atoms with Crippen molar-refractivity contribution in [3.8, 4) is 11.6 Å². The first-order valence-corrected chi connectivity index (χ1v) is 10.1. The van der Waals surface area contributed by atoms with Crippen LogP contribution in [-0.2, 0) is 4.74 Å². The van der Waals surface area contributed by atoms with Crippen LogP contribution >= 0.6 is 0 Å². The Morgan fingerprint density at radius 3 is 2.76 bits per heavy atom. The van der Waals surface area contributed by atoms with Gasteiger partial charge in [0.2, 0.25) is 5.88 Å². The van der Waals surface area contributed by atoms with Gasteiger partial charge in [0, 0.05) is 19.2 Å². The molecule has 1 aliphatic carbocycles. The fraction of sp³-hybridized carbons (Fsp3) is 0.500. The molecule has 2 aromatic heterocycles. The van der Waals surface area contributed by atoms with Crippen LogP contribution in [0, 0.1) is 0 Å². The van der Waals surface area contributed by atoms with Gasteiger partial charge < -0.3 is 18.8 Å². The summed E-state index contributed by atoms with van der Waals surface area (Å²) in [5.41, 5.74) is 4.16. The van der Waals surface area contributed by atoms with Crippen LogP contribution in [0.2, 0.25) is 0 Å². The van der Waals surface area contributed by atoms with Crippen LogP contribution in [-0.4, -0.2) is 47.8 Å². The summed E-state index contributed by atoms with van der Waals surface area (Å²) in [6, 6.07) is 1.95. The number of carbonyl (C=O) groups excluding carboxylic acids is 1. The largest absolute Gasteiger partial charge is 0.487 e. The van der Waals surface area contributed by atoms with Crippen molar-refractivity contribution >= 4 is 11.9 Å². The third-order valence-corrected chi connectivity index (χ3v) is 5.05. The summed E-state index contributed by atoms with van der Waals surface area (Å²) in [6.45, 7) is 5.58. The summed E-state index contributed by atoms with van der Waals surface area (Å²) in [5, 5.41) is 0. The Labute approximate surface area is 171 Å². The molecule has 0 N–H and O–H groups in total. The van der Waals surface area contributed by atoms with E-state index in [9.17, 15) is 4.79 Å². The van der Waals surface area contributed by atoms with E-state index in [0.717, 1.165) is 37.7 Å². The van der Waals surface area contributed by atoms with Gasteiger partial charge >= 0.3 is 0 Å². The summed E-state index contributed by atoms with van der Waals surface area (Å²) in [5.74, 6) is 0.851. The second-order valence-electron chi connectivity index (χ2n) is 7.38. The molecule has 1 aliphatic rings. The Morgan fingerprint density at radius 2 is 2.00 bits per heavy atom. The van der Waals surface area contributed by atoms with E-state index in [0.29, 0.717) is 43.1 Å². The van der Waals surface area contributed by atoms with Gasteiger partial charge in [0.1, 0.15) is 19.0 Å². The summed E-state index contributed by atoms with van der Waals surface area (Å²) in [4.78, 5) is 20.1. The smallest absolute Gasteiger partial charge is 0.214 e. The number of aldehydes is 1. The Bertz CT molecular complexity index is 857. The number of nitrogens with zero attached hydrogens (tertiary/aromatic N) is 3. The highest BCUT2D eigenvalue weighted by Gasteiger charge is 2.19. The van der Waals surface area contributed by atoms with Crippen LogP contribution < -0.4 is 9.47 Å². The highest BCUT2D eigenvalue weighted by molar-refractivity contribution is 5.79. The maximum Gasteiger partial charge on any atom is 0.214 e. The zero-order valence-electron chi connectivity index (χ0n) is 17.4. The molecular formula is C22H29N3O4. The van der Waals surface area contributed by atoms with Crippen molar-refractivity contribution < 1.29 is 19.0 Å². The van der Waals surface area contributed by atoms with E-state index in [1.807, 2.05) is 12.5 Å². The van der Waals surface area contributed by atoms with Gasteiger partial charge in [0.05, 0.1) is 36.6 Å². The molecule has 156 valence electrons. The number of hydrogen-bond donors (Lipinski definition) is 0. The predicted octanol–water partition coefficient (Wildman–Crippen LogP) is 4.10. The zero-order valence-corrected chi connectivity index (χ0v) is 17.4. The molecule has 0 spiro atoms. The minimum absolute atomic E-state index is 0.348. The number of ether oxygens (including phenoxy) is 3. The van der Waals surface area contributed by atoms with Crippen LogP contribution in [0.4, 0.5) is 0 Å². The van der Waals surface area contributed by atoms with E-state index in [2.05, 4.69) is 28.4 Å². The van der Waals surface area contributed by atoms with Gasteiger partial charge in [-0.3, -0.25) is 4.79 Å². The van der Waals surface area contributed by atoms with Crippen molar-refractivity contribution in [3.05, 3.63) is 41.6 Å². The number of pyridine rings is 1. The number of carbonyl (C=O) groups is 1. The minimum Gasteiger partial charge on any atom is -0.487 e. The number of hydrogen-bond acceptors (Lipinski definition) is 6. The number of methoxy groups -OCH3 is 1. The van der Waals surface area contributed by atoms with Crippen molar-refractivity contribution in [1.29, 1.82) is 0 Å². The van der Waals surface area contributed by atoms with Gasteiger partial charge in [-0.1, -0.05) is 0 Å². The van der Waals surface area contributed by atoms with Crippen LogP contribution in [0.5, 0.6) is 11.6 Å². The molecule has 0 bridgehead atoms. The third kappa shape index (κ3) is 5.23. The first-order chi connectivity index (χ1) is 14.1. The lowest BCUT2D eigenvalue weighted by Gasteiger charge is -2.23. The number of aromatic nitrogens is 3. The second kappa shape index (κ2) is 10.2. The molecule has 0 atom stereocenters. The summed E-state index contributed by atoms with van der Waals surface area (Å²) < 4.78 is 18.6. The molecule has 2 heterocycles. The van der Waals surface area contributed by atoms with Crippen molar-refractivity contribution in [2.45, 2.75) is 45.6 Å². The van der Waals surface area contributed by atoms with Crippen LogP contribution in [0.15, 0.2) is 30.4 Å².